The zero-order chi connectivity index (χ0) is 14.6. The van der Waals surface area contributed by atoms with Crippen molar-refractivity contribution in [3.05, 3.63) is 29.3 Å². The van der Waals surface area contributed by atoms with Crippen molar-refractivity contribution in [1.82, 2.24) is 5.32 Å². The summed E-state index contributed by atoms with van der Waals surface area (Å²) in [6, 6.07) is 4.13. The molecule has 0 radical (unpaired) electrons. The third-order valence-electron chi connectivity index (χ3n) is 3.54. The van der Waals surface area contributed by atoms with Crippen LogP contribution >= 0.6 is 12.4 Å². The average Bonchev–Trinajstić information content (AvgIpc) is 2.45. The first kappa shape index (κ1) is 18.1. The molecule has 1 aromatic rings. The molecule has 1 heterocycles. The molecule has 1 aliphatic heterocycles. The lowest BCUT2D eigenvalue weighted by Gasteiger charge is -2.24. The van der Waals surface area contributed by atoms with Crippen LogP contribution in [0.15, 0.2) is 18.2 Å². The van der Waals surface area contributed by atoms with E-state index in [9.17, 15) is 13.2 Å². The van der Waals surface area contributed by atoms with E-state index in [1.165, 1.54) is 6.07 Å². The van der Waals surface area contributed by atoms with E-state index in [1.54, 1.807) is 6.07 Å². The average molecular weight is 324 g/mol. The lowest BCUT2D eigenvalue weighted by molar-refractivity contribution is -0.137. The van der Waals surface area contributed by atoms with Crippen LogP contribution < -0.4 is 10.1 Å². The fraction of sp³-hybridized carbons (Fsp3) is 0.600. The lowest BCUT2D eigenvalue weighted by Crippen LogP contribution is -2.26. The van der Waals surface area contributed by atoms with Crippen molar-refractivity contribution < 1.29 is 17.9 Å². The maximum absolute atomic E-state index is 13.0. The first-order chi connectivity index (χ1) is 9.50. The van der Waals surface area contributed by atoms with Gasteiger partial charge in [0, 0.05) is 0 Å². The molecule has 1 aliphatic rings. The molecule has 2 nitrogen and oxygen atoms in total. The van der Waals surface area contributed by atoms with Gasteiger partial charge in [-0.3, -0.25) is 0 Å². The van der Waals surface area contributed by atoms with Crippen molar-refractivity contribution in [3.63, 3.8) is 0 Å². The van der Waals surface area contributed by atoms with Crippen molar-refractivity contribution in [3.8, 4) is 5.75 Å². The van der Waals surface area contributed by atoms with Gasteiger partial charge in [0.25, 0.3) is 0 Å². The highest BCUT2D eigenvalue weighted by molar-refractivity contribution is 5.85. The van der Waals surface area contributed by atoms with Crippen molar-refractivity contribution in [1.29, 1.82) is 0 Å². The first-order valence-electron chi connectivity index (χ1n) is 7.06. The van der Waals surface area contributed by atoms with E-state index in [0.717, 1.165) is 44.0 Å². The Morgan fingerprint density at radius 3 is 2.43 bits per heavy atom. The molecule has 2 rings (SSSR count). The van der Waals surface area contributed by atoms with Crippen LogP contribution in [0, 0.1) is 0 Å². The molecule has 21 heavy (non-hydrogen) atoms. The fourth-order valence-corrected chi connectivity index (χ4v) is 2.48. The smallest absolute Gasteiger partial charge is 0.416 e. The number of hydrogen-bond donors (Lipinski definition) is 1. The van der Waals surface area contributed by atoms with Crippen LogP contribution in [-0.2, 0) is 6.18 Å². The highest BCUT2D eigenvalue weighted by atomic mass is 35.5. The van der Waals surface area contributed by atoms with Crippen molar-refractivity contribution in [2.24, 2.45) is 0 Å². The molecule has 1 aromatic carbocycles. The van der Waals surface area contributed by atoms with Gasteiger partial charge in [0.05, 0.1) is 12.2 Å². The minimum Gasteiger partial charge on any atom is -0.494 e. The van der Waals surface area contributed by atoms with E-state index in [1.807, 2.05) is 6.92 Å². The van der Waals surface area contributed by atoms with E-state index < -0.39 is 11.7 Å². The van der Waals surface area contributed by atoms with Crippen LogP contribution in [0.5, 0.6) is 5.75 Å². The van der Waals surface area contributed by atoms with E-state index >= 15 is 0 Å². The van der Waals surface area contributed by atoms with Crippen LogP contribution in [-0.4, -0.2) is 19.7 Å². The minimum atomic E-state index is -4.33. The van der Waals surface area contributed by atoms with Crippen molar-refractivity contribution >= 4 is 12.4 Å². The summed E-state index contributed by atoms with van der Waals surface area (Å²) in [7, 11) is 0. The summed E-state index contributed by atoms with van der Waals surface area (Å²) in [5, 5.41) is 3.22. The molecular weight excluding hydrogens is 303 g/mol. The number of nitrogens with one attached hydrogen (secondary N) is 1. The highest BCUT2D eigenvalue weighted by Gasteiger charge is 2.32. The second-order valence-electron chi connectivity index (χ2n) is 5.16. The quantitative estimate of drug-likeness (QED) is 0.887. The summed E-state index contributed by atoms with van der Waals surface area (Å²) in [6.45, 7) is 4.08. The van der Waals surface area contributed by atoms with E-state index in [0.29, 0.717) is 12.4 Å². The van der Waals surface area contributed by atoms with Gasteiger partial charge < -0.3 is 10.1 Å². The van der Waals surface area contributed by atoms with Gasteiger partial charge >= 0.3 is 6.18 Å². The summed E-state index contributed by atoms with van der Waals surface area (Å²) in [5.41, 5.74) is 0.132. The minimum absolute atomic E-state index is 0. The Labute approximate surface area is 129 Å². The largest absolute Gasteiger partial charge is 0.494 e. The Morgan fingerprint density at radius 2 is 1.86 bits per heavy atom. The van der Waals surface area contributed by atoms with Gasteiger partial charge in [0.15, 0.2) is 0 Å². The molecule has 0 saturated carbocycles. The summed E-state index contributed by atoms with van der Waals surface area (Å²) in [6.07, 6.45) is -1.81. The number of ether oxygens (including phenoxy) is 1. The standard InChI is InChI=1S/C15H20F3NO.ClH/c1-2-7-20-14-9-12(11-3-5-19-6-4-11)8-13(10-14)15(16,17)18;/h8-11,19H,2-7H2,1H3;1H. The summed E-state index contributed by atoms with van der Waals surface area (Å²) in [5.74, 6) is 0.512. The fourth-order valence-electron chi connectivity index (χ4n) is 2.48. The first-order valence-corrected chi connectivity index (χ1v) is 7.06. The molecule has 0 unspecified atom stereocenters. The number of halogens is 4. The normalized spacial score (nSPS) is 16.4. The maximum Gasteiger partial charge on any atom is 0.416 e. The highest BCUT2D eigenvalue weighted by Crippen LogP contribution is 2.36. The molecule has 0 aliphatic carbocycles. The molecule has 120 valence electrons. The van der Waals surface area contributed by atoms with E-state index in [2.05, 4.69) is 5.32 Å². The number of rotatable bonds is 4. The summed E-state index contributed by atoms with van der Waals surface area (Å²) < 4.78 is 44.3. The van der Waals surface area contributed by atoms with Crippen LogP contribution in [0.3, 0.4) is 0 Å². The maximum atomic E-state index is 13.0. The molecule has 0 aromatic heterocycles. The Morgan fingerprint density at radius 1 is 1.19 bits per heavy atom. The van der Waals surface area contributed by atoms with Gasteiger partial charge in [-0.15, -0.1) is 12.4 Å². The monoisotopic (exact) mass is 323 g/mol. The summed E-state index contributed by atoms with van der Waals surface area (Å²) in [4.78, 5) is 0. The number of alkyl halides is 3. The second kappa shape index (κ2) is 7.90. The topological polar surface area (TPSA) is 21.3 Å². The number of hydrogen-bond acceptors (Lipinski definition) is 2. The lowest BCUT2D eigenvalue weighted by atomic mass is 9.89. The molecule has 0 atom stereocenters. The number of benzene rings is 1. The molecule has 6 heteroatoms. The Balaban J connectivity index is 0.00000220. The van der Waals surface area contributed by atoms with Gasteiger partial charge in [-0.2, -0.15) is 13.2 Å². The predicted octanol–water partition coefficient (Wildman–Crippen LogP) is 4.38. The van der Waals surface area contributed by atoms with Crippen molar-refractivity contribution in [2.45, 2.75) is 38.3 Å². The van der Waals surface area contributed by atoms with Crippen LogP contribution in [0.2, 0.25) is 0 Å². The van der Waals surface area contributed by atoms with Gasteiger partial charge in [0.1, 0.15) is 5.75 Å². The van der Waals surface area contributed by atoms with Crippen LogP contribution in [0.25, 0.3) is 0 Å². The van der Waals surface area contributed by atoms with E-state index in [-0.39, 0.29) is 18.3 Å². The van der Waals surface area contributed by atoms with E-state index in [4.69, 9.17) is 4.74 Å². The van der Waals surface area contributed by atoms with Gasteiger partial charge in [-0.1, -0.05) is 6.92 Å². The Bertz CT molecular complexity index is 445. The third kappa shape index (κ3) is 5.08. The SMILES string of the molecule is CCCOc1cc(C2CCNCC2)cc(C(F)(F)F)c1.Cl. The number of piperidine rings is 1. The predicted molar refractivity (Wildman–Crippen MR) is 79.3 cm³/mol. The zero-order valence-electron chi connectivity index (χ0n) is 12.0. The van der Waals surface area contributed by atoms with Gasteiger partial charge in [-0.05, 0) is 62.0 Å². The third-order valence-corrected chi connectivity index (χ3v) is 3.54. The molecule has 1 fully saturated rings. The molecule has 1 saturated heterocycles. The van der Waals surface area contributed by atoms with Crippen LogP contribution in [0.4, 0.5) is 13.2 Å². The Hall–Kier alpha value is -0.940. The Kier molecular flexibility index (Phi) is 6.81. The van der Waals surface area contributed by atoms with Gasteiger partial charge in [-0.25, -0.2) is 0 Å². The zero-order valence-corrected chi connectivity index (χ0v) is 12.8. The molecular formula is C15H21ClF3NO. The molecule has 1 N–H and O–H groups in total. The summed E-state index contributed by atoms with van der Waals surface area (Å²) >= 11 is 0. The van der Waals surface area contributed by atoms with Gasteiger partial charge in [0.2, 0.25) is 0 Å². The second-order valence-corrected chi connectivity index (χ2v) is 5.16. The molecule has 0 spiro atoms. The molecule has 0 bridgehead atoms. The van der Waals surface area contributed by atoms with Crippen LogP contribution in [0.1, 0.15) is 43.2 Å². The van der Waals surface area contributed by atoms with Crippen molar-refractivity contribution in [2.75, 3.05) is 19.7 Å². The molecule has 0 amide bonds.